The minimum atomic E-state index is -0.374. The molecule has 0 atom stereocenters. The van der Waals surface area contributed by atoms with E-state index in [-0.39, 0.29) is 5.82 Å². The van der Waals surface area contributed by atoms with Gasteiger partial charge >= 0.3 is 0 Å². The molecule has 6 heteroatoms. The van der Waals surface area contributed by atoms with E-state index in [2.05, 4.69) is 5.32 Å². The Morgan fingerprint density at radius 2 is 1.53 bits per heavy atom. The lowest BCUT2D eigenvalue weighted by Gasteiger charge is -2.11. The fourth-order valence-corrected chi connectivity index (χ4v) is 2.36. The van der Waals surface area contributed by atoms with Gasteiger partial charge in [0.05, 0.1) is 20.8 Å². The Morgan fingerprint density at radius 3 is 2.21 bits per heavy atom. The lowest BCUT2D eigenvalue weighted by atomic mass is 10.2. The van der Waals surface area contributed by atoms with E-state index >= 15 is 0 Å². The van der Waals surface area contributed by atoms with Gasteiger partial charge in [-0.3, -0.25) is 0 Å². The van der Waals surface area contributed by atoms with Crippen molar-refractivity contribution < 1.29 is 4.39 Å². The van der Waals surface area contributed by atoms with Crippen LogP contribution in [-0.2, 0) is 6.54 Å². The largest absolute Gasteiger partial charge is 0.380 e. The summed E-state index contributed by atoms with van der Waals surface area (Å²) in [6.07, 6.45) is 0. The molecule has 0 heterocycles. The van der Waals surface area contributed by atoms with Crippen molar-refractivity contribution in [3.63, 3.8) is 0 Å². The zero-order chi connectivity index (χ0) is 14.0. The van der Waals surface area contributed by atoms with Gasteiger partial charge in [0.2, 0.25) is 0 Å². The maximum atomic E-state index is 12.9. The summed E-state index contributed by atoms with van der Waals surface area (Å²) in [5.41, 5.74) is 1.39. The molecule has 1 N–H and O–H groups in total. The van der Waals surface area contributed by atoms with Gasteiger partial charge in [-0.05, 0) is 29.8 Å². The van der Waals surface area contributed by atoms with Crippen LogP contribution < -0.4 is 5.32 Å². The summed E-state index contributed by atoms with van der Waals surface area (Å²) in [7, 11) is 0. The minimum absolute atomic E-state index is 0.351. The first-order chi connectivity index (χ1) is 8.97. The van der Waals surface area contributed by atoms with E-state index in [1.165, 1.54) is 12.1 Å². The van der Waals surface area contributed by atoms with Crippen LogP contribution in [-0.4, -0.2) is 0 Å². The molecule has 19 heavy (non-hydrogen) atoms. The highest BCUT2D eigenvalue weighted by atomic mass is 35.5. The second-order valence-corrected chi connectivity index (χ2v) is 5.46. The number of halogens is 5. The predicted octanol–water partition coefficient (Wildman–Crippen LogP) is 6.05. The van der Waals surface area contributed by atoms with Gasteiger partial charge < -0.3 is 5.32 Å². The first-order valence-electron chi connectivity index (χ1n) is 5.29. The predicted molar refractivity (Wildman–Crippen MR) is 80.2 cm³/mol. The molecule has 2 aromatic carbocycles. The van der Waals surface area contributed by atoms with Gasteiger partial charge in [-0.2, -0.15) is 0 Å². The lowest BCUT2D eigenvalue weighted by Crippen LogP contribution is -2.01. The summed E-state index contributed by atoms with van der Waals surface area (Å²) in [5.74, 6) is -0.374. The Balaban J connectivity index is 2.16. The van der Waals surface area contributed by atoms with Gasteiger partial charge in [-0.25, -0.2) is 4.39 Å². The van der Waals surface area contributed by atoms with E-state index in [0.29, 0.717) is 32.3 Å². The SMILES string of the molecule is Fc1ccc(CNc2cc(Cl)c(Cl)cc2Cl)c(Cl)c1. The number of hydrogen-bond donors (Lipinski definition) is 1. The molecule has 0 spiro atoms. The average Bonchev–Trinajstić information content (AvgIpc) is 2.34. The summed E-state index contributed by atoms with van der Waals surface area (Å²) in [6.45, 7) is 0.400. The highest BCUT2D eigenvalue weighted by Crippen LogP contribution is 2.32. The second kappa shape index (κ2) is 6.19. The van der Waals surface area contributed by atoms with Crippen LogP contribution in [0, 0.1) is 5.82 Å². The van der Waals surface area contributed by atoms with Crippen LogP contribution in [0.4, 0.5) is 10.1 Å². The maximum absolute atomic E-state index is 12.9. The van der Waals surface area contributed by atoms with Crippen LogP contribution in [0.1, 0.15) is 5.56 Å². The van der Waals surface area contributed by atoms with Crippen LogP contribution in [0.3, 0.4) is 0 Å². The van der Waals surface area contributed by atoms with Crippen molar-refractivity contribution in [1.82, 2.24) is 0 Å². The number of hydrogen-bond acceptors (Lipinski definition) is 1. The minimum Gasteiger partial charge on any atom is -0.380 e. The second-order valence-electron chi connectivity index (χ2n) is 3.84. The Morgan fingerprint density at radius 1 is 0.842 bits per heavy atom. The third-order valence-corrected chi connectivity index (χ3v) is 3.88. The van der Waals surface area contributed by atoms with Gasteiger partial charge in [0.25, 0.3) is 0 Å². The Kier molecular flexibility index (Phi) is 4.80. The molecule has 0 fully saturated rings. The van der Waals surface area contributed by atoms with Crippen LogP contribution in [0.2, 0.25) is 20.1 Å². The van der Waals surface area contributed by atoms with E-state index in [1.807, 2.05) is 0 Å². The average molecular weight is 339 g/mol. The molecule has 0 amide bonds. The molecule has 100 valence electrons. The number of rotatable bonds is 3. The molecule has 0 aliphatic carbocycles. The van der Waals surface area contributed by atoms with E-state index in [1.54, 1.807) is 18.2 Å². The Bertz CT molecular complexity index is 616. The highest BCUT2D eigenvalue weighted by Gasteiger charge is 2.07. The van der Waals surface area contributed by atoms with Crippen LogP contribution in [0.25, 0.3) is 0 Å². The van der Waals surface area contributed by atoms with Crippen LogP contribution in [0.5, 0.6) is 0 Å². The van der Waals surface area contributed by atoms with E-state index in [0.717, 1.165) is 5.56 Å². The van der Waals surface area contributed by atoms with Gasteiger partial charge in [-0.1, -0.05) is 52.5 Å². The van der Waals surface area contributed by atoms with Crippen molar-refractivity contribution in [2.45, 2.75) is 6.54 Å². The maximum Gasteiger partial charge on any atom is 0.124 e. The highest BCUT2D eigenvalue weighted by molar-refractivity contribution is 6.44. The Hall–Kier alpha value is -0.670. The molecular weight excluding hydrogens is 331 g/mol. The molecular formula is C13H8Cl4FN. The summed E-state index contributed by atoms with van der Waals surface area (Å²) in [6, 6.07) is 7.40. The molecule has 0 aliphatic heterocycles. The fraction of sp³-hybridized carbons (Fsp3) is 0.0769. The van der Waals surface area contributed by atoms with E-state index < -0.39 is 0 Å². The summed E-state index contributed by atoms with van der Waals surface area (Å²) >= 11 is 23.7. The summed E-state index contributed by atoms with van der Waals surface area (Å²) in [5, 5.41) is 4.67. The first-order valence-corrected chi connectivity index (χ1v) is 6.81. The van der Waals surface area contributed by atoms with Gasteiger partial charge in [-0.15, -0.1) is 0 Å². The standard InChI is InChI=1S/C13H8Cl4FN/c14-9-3-8(18)2-1-7(9)6-19-13-5-11(16)10(15)4-12(13)17/h1-5,19H,6H2. The topological polar surface area (TPSA) is 12.0 Å². The third kappa shape index (κ3) is 3.67. The zero-order valence-corrected chi connectivity index (χ0v) is 12.5. The Labute approximate surface area is 130 Å². The van der Waals surface area contributed by atoms with Crippen molar-refractivity contribution in [3.8, 4) is 0 Å². The van der Waals surface area contributed by atoms with Crippen molar-refractivity contribution in [1.29, 1.82) is 0 Å². The molecule has 2 aromatic rings. The summed E-state index contributed by atoms with van der Waals surface area (Å²) in [4.78, 5) is 0. The van der Waals surface area contributed by atoms with Gasteiger partial charge in [0.15, 0.2) is 0 Å². The molecule has 0 unspecified atom stereocenters. The molecule has 0 aliphatic rings. The van der Waals surface area contributed by atoms with Crippen molar-refractivity contribution in [2.24, 2.45) is 0 Å². The molecule has 0 aromatic heterocycles. The molecule has 0 saturated carbocycles. The number of anilines is 1. The van der Waals surface area contributed by atoms with Crippen molar-refractivity contribution in [3.05, 3.63) is 61.8 Å². The third-order valence-electron chi connectivity index (χ3n) is 2.49. The van der Waals surface area contributed by atoms with Crippen LogP contribution in [0.15, 0.2) is 30.3 Å². The van der Waals surface area contributed by atoms with Gasteiger partial charge in [0.1, 0.15) is 5.82 Å². The molecule has 1 nitrogen and oxygen atoms in total. The zero-order valence-electron chi connectivity index (χ0n) is 9.48. The van der Waals surface area contributed by atoms with Crippen molar-refractivity contribution >= 4 is 52.1 Å². The summed E-state index contributed by atoms with van der Waals surface area (Å²) < 4.78 is 12.9. The number of nitrogens with one attached hydrogen (secondary N) is 1. The first kappa shape index (κ1) is 14.7. The molecule has 0 saturated heterocycles. The smallest absolute Gasteiger partial charge is 0.124 e. The molecule has 0 radical (unpaired) electrons. The lowest BCUT2D eigenvalue weighted by molar-refractivity contribution is 0.627. The van der Waals surface area contributed by atoms with E-state index in [4.69, 9.17) is 46.4 Å². The van der Waals surface area contributed by atoms with E-state index in [9.17, 15) is 4.39 Å². The molecule has 2 rings (SSSR count). The molecule has 0 bridgehead atoms. The quantitative estimate of drug-likeness (QED) is 0.671. The monoisotopic (exact) mass is 337 g/mol. The number of benzene rings is 2. The van der Waals surface area contributed by atoms with Crippen molar-refractivity contribution in [2.75, 3.05) is 5.32 Å². The van der Waals surface area contributed by atoms with Crippen LogP contribution >= 0.6 is 46.4 Å². The van der Waals surface area contributed by atoms with Gasteiger partial charge in [0, 0.05) is 11.6 Å². The normalized spacial score (nSPS) is 10.6. The fourth-order valence-electron chi connectivity index (χ4n) is 1.51.